The van der Waals surface area contributed by atoms with Crippen LogP contribution in [0.5, 0.6) is 0 Å². The van der Waals surface area contributed by atoms with Crippen LogP contribution in [0.2, 0.25) is 0 Å². The number of pyridine rings is 1. The highest BCUT2D eigenvalue weighted by molar-refractivity contribution is 7.17. The summed E-state index contributed by atoms with van der Waals surface area (Å²) < 4.78 is 6.74. The van der Waals surface area contributed by atoms with E-state index in [9.17, 15) is 0 Å². The number of fused-ring (bicyclic) bond motifs is 1. The molecule has 2 unspecified atom stereocenters. The summed E-state index contributed by atoms with van der Waals surface area (Å²) in [4.78, 5) is 4.37. The van der Waals surface area contributed by atoms with Crippen molar-refractivity contribution < 1.29 is 4.74 Å². The molecule has 0 bridgehead atoms. The number of nitrogens with zero attached hydrogens (tertiary/aromatic N) is 1. The first-order valence-corrected chi connectivity index (χ1v) is 7.36. The second-order valence-electron chi connectivity index (χ2n) is 4.86. The summed E-state index contributed by atoms with van der Waals surface area (Å²) in [5.41, 5.74) is 2.31. The molecule has 1 aliphatic carbocycles. The van der Waals surface area contributed by atoms with Crippen LogP contribution < -0.4 is 5.32 Å². The molecule has 1 fully saturated rings. The van der Waals surface area contributed by atoms with Crippen molar-refractivity contribution in [3.8, 4) is 0 Å². The quantitative estimate of drug-likeness (QED) is 0.916. The Hall–Kier alpha value is -1.13. The Morgan fingerprint density at radius 2 is 2.33 bits per heavy atom. The highest BCUT2D eigenvalue weighted by Crippen LogP contribution is 2.30. The van der Waals surface area contributed by atoms with E-state index in [0.29, 0.717) is 12.1 Å². The minimum atomic E-state index is 0.414. The molecule has 2 aromatic rings. The second kappa shape index (κ2) is 5.24. The van der Waals surface area contributed by atoms with Crippen LogP contribution in [-0.4, -0.2) is 24.2 Å². The van der Waals surface area contributed by atoms with Crippen LogP contribution in [0.15, 0.2) is 23.7 Å². The summed E-state index contributed by atoms with van der Waals surface area (Å²) in [7, 11) is 1.82. The lowest BCUT2D eigenvalue weighted by Gasteiger charge is -2.29. The average molecular weight is 262 g/mol. The molecule has 0 aliphatic heterocycles. The van der Waals surface area contributed by atoms with Crippen LogP contribution in [0, 0.1) is 0 Å². The molecule has 0 saturated heterocycles. The number of methoxy groups -OCH3 is 1. The fraction of sp³-hybridized carbons (Fsp3) is 0.500. The smallest absolute Gasteiger partial charge is 0.0830 e. The topological polar surface area (TPSA) is 34.1 Å². The first-order valence-electron chi connectivity index (χ1n) is 6.48. The predicted octanol–water partition coefficient (Wildman–Crippen LogP) is 3.67. The van der Waals surface area contributed by atoms with E-state index in [1.807, 2.05) is 13.3 Å². The summed E-state index contributed by atoms with van der Waals surface area (Å²) in [6.45, 7) is 0. The van der Waals surface area contributed by atoms with Gasteiger partial charge in [-0.05, 0) is 43.2 Å². The van der Waals surface area contributed by atoms with Gasteiger partial charge in [0.05, 0.1) is 22.0 Å². The minimum Gasteiger partial charge on any atom is -0.381 e. The standard InChI is InChI=1S/C14H18N2OS/c1-17-11-4-2-3-10(9-11)16-13-5-7-15-12-6-8-18-14(12)13/h5-8,10-11H,2-4,9H2,1H3,(H,15,16). The third kappa shape index (κ3) is 2.35. The molecule has 3 nitrogen and oxygen atoms in total. The van der Waals surface area contributed by atoms with Crippen LogP contribution in [-0.2, 0) is 4.74 Å². The maximum absolute atomic E-state index is 5.48. The number of ether oxygens (including phenoxy) is 1. The highest BCUT2D eigenvalue weighted by atomic mass is 32.1. The predicted molar refractivity (Wildman–Crippen MR) is 76.3 cm³/mol. The zero-order valence-corrected chi connectivity index (χ0v) is 11.4. The molecule has 0 aromatic carbocycles. The van der Waals surface area contributed by atoms with E-state index in [-0.39, 0.29) is 0 Å². The fourth-order valence-electron chi connectivity index (χ4n) is 2.70. The fourth-order valence-corrected chi connectivity index (χ4v) is 3.53. The number of hydrogen-bond donors (Lipinski definition) is 1. The summed E-state index contributed by atoms with van der Waals surface area (Å²) in [5.74, 6) is 0. The maximum Gasteiger partial charge on any atom is 0.0830 e. The van der Waals surface area contributed by atoms with E-state index >= 15 is 0 Å². The zero-order valence-electron chi connectivity index (χ0n) is 10.6. The molecular formula is C14H18N2OS. The van der Waals surface area contributed by atoms with E-state index in [4.69, 9.17) is 4.74 Å². The van der Waals surface area contributed by atoms with E-state index < -0.39 is 0 Å². The number of anilines is 1. The van der Waals surface area contributed by atoms with Gasteiger partial charge in [-0.1, -0.05) is 0 Å². The third-order valence-electron chi connectivity index (χ3n) is 3.66. The van der Waals surface area contributed by atoms with Gasteiger partial charge in [0, 0.05) is 19.3 Å². The lowest BCUT2D eigenvalue weighted by molar-refractivity contribution is 0.0669. The molecule has 4 heteroatoms. The monoisotopic (exact) mass is 262 g/mol. The Labute approximate surface area is 111 Å². The van der Waals surface area contributed by atoms with Gasteiger partial charge in [0.1, 0.15) is 0 Å². The van der Waals surface area contributed by atoms with Crippen LogP contribution in [0.25, 0.3) is 10.2 Å². The van der Waals surface area contributed by atoms with Crippen molar-refractivity contribution in [3.05, 3.63) is 23.7 Å². The molecule has 2 atom stereocenters. The van der Waals surface area contributed by atoms with Crippen LogP contribution in [0.3, 0.4) is 0 Å². The van der Waals surface area contributed by atoms with Gasteiger partial charge in [0.25, 0.3) is 0 Å². The largest absolute Gasteiger partial charge is 0.381 e. The summed E-state index contributed by atoms with van der Waals surface area (Å²) >= 11 is 1.75. The molecule has 96 valence electrons. The van der Waals surface area contributed by atoms with Crippen molar-refractivity contribution in [2.75, 3.05) is 12.4 Å². The van der Waals surface area contributed by atoms with Crippen molar-refractivity contribution in [2.24, 2.45) is 0 Å². The second-order valence-corrected chi connectivity index (χ2v) is 5.78. The maximum atomic E-state index is 5.48. The van der Waals surface area contributed by atoms with Crippen molar-refractivity contribution in [1.82, 2.24) is 4.98 Å². The minimum absolute atomic E-state index is 0.414. The highest BCUT2D eigenvalue weighted by Gasteiger charge is 2.22. The summed E-state index contributed by atoms with van der Waals surface area (Å²) in [6, 6.07) is 4.68. The van der Waals surface area contributed by atoms with E-state index in [2.05, 4.69) is 27.8 Å². The number of thiophene rings is 1. The van der Waals surface area contributed by atoms with Gasteiger partial charge in [-0.25, -0.2) is 0 Å². The van der Waals surface area contributed by atoms with Gasteiger partial charge in [-0.15, -0.1) is 11.3 Å². The SMILES string of the molecule is COC1CCCC(Nc2ccnc3ccsc23)C1. The van der Waals surface area contributed by atoms with Crippen molar-refractivity contribution in [3.63, 3.8) is 0 Å². The molecule has 0 amide bonds. The molecule has 2 heterocycles. The number of nitrogens with one attached hydrogen (secondary N) is 1. The number of aromatic nitrogens is 1. The Kier molecular flexibility index (Phi) is 3.48. The molecule has 1 saturated carbocycles. The Morgan fingerprint density at radius 1 is 1.39 bits per heavy atom. The van der Waals surface area contributed by atoms with Crippen LogP contribution >= 0.6 is 11.3 Å². The molecule has 0 spiro atoms. The molecule has 18 heavy (non-hydrogen) atoms. The molecule has 1 aliphatic rings. The van der Waals surface area contributed by atoms with Crippen molar-refractivity contribution in [1.29, 1.82) is 0 Å². The lowest BCUT2D eigenvalue weighted by Crippen LogP contribution is -2.31. The summed E-state index contributed by atoms with van der Waals surface area (Å²) in [6.07, 6.45) is 7.07. The first-order chi connectivity index (χ1) is 8.86. The van der Waals surface area contributed by atoms with E-state index in [0.717, 1.165) is 11.9 Å². The molecule has 3 rings (SSSR count). The van der Waals surface area contributed by atoms with Crippen LogP contribution in [0.4, 0.5) is 5.69 Å². The Morgan fingerprint density at radius 3 is 3.22 bits per heavy atom. The molecule has 2 aromatic heterocycles. The van der Waals surface area contributed by atoms with Crippen molar-refractivity contribution >= 4 is 27.2 Å². The van der Waals surface area contributed by atoms with Gasteiger partial charge in [-0.2, -0.15) is 0 Å². The summed E-state index contributed by atoms with van der Waals surface area (Å²) in [5, 5.41) is 5.76. The Bertz CT molecular complexity index is 525. The Balaban J connectivity index is 1.77. The van der Waals surface area contributed by atoms with E-state index in [1.165, 1.54) is 29.6 Å². The first kappa shape index (κ1) is 11.9. The number of hydrogen-bond acceptors (Lipinski definition) is 4. The van der Waals surface area contributed by atoms with Crippen LogP contribution in [0.1, 0.15) is 25.7 Å². The number of rotatable bonds is 3. The van der Waals surface area contributed by atoms with Gasteiger partial charge in [0.2, 0.25) is 0 Å². The van der Waals surface area contributed by atoms with Gasteiger partial charge < -0.3 is 10.1 Å². The van der Waals surface area contributed by atoms with Gasteiger partial charge in [0.15, 0.2) is 0 Å². The van der Waals surface area contributed by atoms with Crippen molar-refractivity contribution in [2.45, 2.75) is 37.8 Å². The zero-order chi connectivity index (χ0) is 12.4. The average Bonchev–Trinajstić information content (AvgIpc) is 2.88. The van der Waals surface area contributed by atoms with Gasteiger partial charge in [-0.3, -0.25) is 4.98 Å². The molecule has 0 radical (unpaired) electrons. The van der Waals surface area contributed by atoms with E-state index in [1.54, 1.807) is 11.3 Å². The third-order valence-corrected chi connectivity index (χ3v) is 4.60. The lowest BCUT2D eigenvalue weighted by atomic mass is 9.92. The van der Waals surface area contributed by atoms with Gasteiger partial charge >= 0.3 is 0 Å². The molecular weight excluding hydrogens is 244 g/mol. The normalized spacial score (nSPS) is 24.3. The molecule has 1 N–H and O–H groups in total.